The Kier molecular flexibility index (Phi) is 7.91. The summed E-state index contributed by atoms with van der Waals surface area (Å²) in [6.45, 7) is 9.59. The van der Waals surface area contributed by atoms with Crippen LogP contribution in [0.25, 0.3) is 11.2 Å². The molecule has 0 unspecified atom stereocenters. The third kappa shape index (κ3) is 7.25. The zero-order chi connectivity index (χ0) is 23.4. The van der Waals surface area contributed by atoms with Gasteiger partial charge in [0.1, 0.15) is 12.2 Å². The summed E-state index contributed by atoms with van der Waals surface area (Å²) in [5.74, 6) is 0.626. The molecule has 2 aromatic heterocycles. The number of nitrogens with zero attached hydrogens (tertiary/aromatic N) is 4. The smallest absolute Gasteiger partial charge is 0.320 e. The van der Waals surface area contributed by atoms with E-state index in [1.807, 2.05) is 16.8 Å². The lowest BCUT2D eigenvalue weighted by molar-refractivity contribution is 0.0899. The van der Waals surface area contributed by atoms with Gasteiger partial charge in [0.25, 0.3) is 0 Å². The first kappa shape index (κ1) is 24.6. The fraction of sp³-hybridized carbons (Fsp3) is 0.650. The predicted molar refractivity (Wildman–Crippen MR) is 128 cm³/mol. The van der Waals surface area contributed by atoms with Gasteiger partial charge in [-0.2, -0.15) is 0 Å². The molecule has 0 radical (unpaired) electrons. The van der Waals surface area contributed by atoms with E-state index in [9.17, 15) is 13.2 Å². The van der Waals surface area contributed by atoms with Crippen LogP contribution in [0, 0.1) is 5.92 Å². The number of nitrogens with one attached hydrogen (secondary N) is 2. The van der Waals surface area contributed by atoms with Gasteiger partial charge in [-0.25, -0.2) is 27.5 Å². The number of anilines is 1. The molecule has 178 valence electrons. The third-order valence-electron chi connectivity index (χ3n) is 5.53. The molecular weight excluding hydrogens is 448 g/mol. The van der Waals surface area contributed by atoms with Gasteiger partial charge in [-0.15, -0.1) is 0 Å². The number of sulfonamides is 1. The number of ether oxygens (including phenoxy) is 1. The van der Waals surface area contributed by atoms with Crippen molar-refractivity contribution in [2.75, 3.05) is 37.8 Å². The van der Waals surface area contributed by atoms with Crippen LogP contribution in [0.1, 0.15) is 12.8 Å². The lowest BCUT2D eigenvalue weighted by atomic mass is 9.98. The SMILES string of the molecule is C[Si](C)(C)CCOCn1ccc2nc(NC(=O)NCC3CCN(S(C)(=O)=O)CC3)cnc21. The van der Waals surface area contributed by atoms with Crippen LogP contribution >= 0.6 is 0 Å². The Morgan fingerprint density at radius 3 is 2.66 bits per heavy atom. The molecular formula is C20H34N6O4SSi. The Labute approximate surface area is 190 Å². The van der Waals surface area contributed by atoms with E-state index in [0.29, 0.717) is 43.3 Å². The fourth-order valence-electron chi connectivity index (χ4n) is 3.51. The summed E-state index contributed by atoms with van der Waals surface area (Å²) in [5, 5.41) is 5.57. The highest BCUT2D eigenvalue weighted by atomic mass is 32.2. The first-order chi connectivity index (χ1) is 15.0. The lowest BCUT2D eigenvalue weighted by Gasteiger charge is -2.30. The minimum Gasteiger partial charge on any atom is -0.361 e. The van der Waals surface area contributed by atoms with E-state index in [4.69, 9.17) is 4.74 Å². The maximum atomic E-state index is 12.3. The van der Waals surface area contributed by atoms with Crippen molar-refractivity contribution in [3.05, 3.63) is 18.5 Å². The average molecular weight is 483 g/mol. The van der Waals surface area contributed by atoms with Crippen molar-refractivity contribution in [2.45, 2.75) is 45.3 Å². The largest absolute Gasteiger partial charge is 0.361 e. The van der Waals surface area contributed by atoms with E-state index in [0.717, 1.165) is 25.5 Å². The van der Waals surface area contributed by atoms with Gasteiger partial charge in [-0.1, -0.05) is 19.6 Å². The number of urea groups is 1. The van der Waals surface area contributed by atoms with Crippen molar-refractivity contribution in [3.8, 4) is 0 Å². The fourth-order valence-corrected chi connectivity index (χ4v) is 5.14. The molecule has 1 aliphatic heterocycles. The van der Waals surface area contributed by atoms with Crippen LogP contribution in [-0.4, -0.2) is 73.9 Å². The van der Waals surface area contributed by atoms with Crippen LogP contribution in [0.5, 0.6) is 0 Å². The molecule has 1 fully saturated rings. The van der Waals surface area contributed by atoms with Crippen molar-refractivity contribution < 1.29 is 17.9 Å². The number of fused-ring (bicyclic) bond motifs is 1. The molecule has 0 bridgehead atoms. The Hall–Kier alpha value is -2.02. The van der Waals surface area contributed by atoms with E-state index in [1.54, 1.807) is 0 Å². The second-order valence-corrected chi connectivity index (χ2v) is 17.1. The van der Waals surface area contributed by atoms with Crippen LogP contribution in [0.2, 0.25) is 25.7 Å². The Morgan fingerprint density at radius 2 is 2.00 bits per heavy atom. The number of piperidine rings is 1. The normalized spacial score (nSPS) is 16.4. The van der Waals surface area contributed by atoms with Crippen LogP contribution < -0.4 is 10.6 Å². The molecule has 10 nitrogen and oxygen atoms in total. The summed E-state index contributed by atoms with van der Waals surface area (Å²) in [6.07, 6.45) is 6.10. The minimum atomic E-state index is -3.14. The van der Waals surface area contributed by atoms with Gasteiger partial charge in [0.05, 0.1) is 12.5 Å². The third-order valence-corrected chi connectivity index (χ3v) is 8.53. The summed E-state index contributed by atoms with van der Waals surface area (Å²) in [4.78, 5) is 21.1. The van der Waals surface area contributed by atoms with Gasteiger partial charge >= 0.3 is 6.03 Å². The monoisotopic (exact) mass is 482 g/mol. The molecule has 2 N–H and O–H groups in total. The molecule has 32 heavy (non-hydrogen) atoms. The number of hydrogen-bond acceptors (Lipinski definition) is 6. The van der Waals surface area contributed by atoms with Gasteiger partial charge < -0.3 is 14.6 Å². The van der Waals surface area contributed by atoms with Gasteiger partial charge in [-0.3, -0.25) is 5.32 Å². The van der Waals surface area contributed by atoms with Crippen molar-refractivity contribution in [3.63, 3.8) is 0 Å². The van der Waals surface area contributed by atoms with Gasteiger partial charge in [0.2, 0.25) is 10.0 Å². The molecule has 1 aliphatic rings. The van der Waals surface area contributed by atoms with E-state index in [-0.39, 0.29) is 11.9 Å². The number of aromatic nitrogens is 3. The summed E-state index contributed by atoms with van der Waals surface area (Å²) < 4.78 is 32.3. The Bertz CT molecular complexity index is 1030. The first-order valence-electron chi connectivity index (χ1n) is 10.9. The van der Waals surface area contributed by atoms with Gasteiger partial charge in [-0.05, 0) is 30.9 Å². The summed E-state index contributed by atoms with van der Waals surface area (Å²) >= 11 is 0. The molecule has 0 aliphatic carbocycles. The maximum Gasteiger partial charge on any atom is 0.320 e. The zero-order valence-electron chi connectivity index (χ0n) is 19.3. The number of rotatable bonds is 9. The highest BCUT2D eigenvalue weighted by Gasteiger charge is 2.25. The first-order valence-corrected chi connectivity index (χ1v) is 16.5. The highest BCUT2D eigenvalue weighted by Crippen LogP contribution is 2.19. The Balaban J connectivity index is 1.45. The maximum absolute atomic E-state index is 12.3. The van der Waals surface area contributed by atoms with Crippen LogP contribution in [0.3, 0.4) is 0 Å². The van der Waals surface area contributed by atoms with E-state index >= 15 is 0 Å². The average Bonchev–Trinajstić information content (AvgIpc) is 3.11. The zero-order valence-corrected chi connectivity index (χ0v) is 21.1. The van der Waals surface area contributed by atoms with Crippen molar-refractivity contribution in [2.24, 2.45) is 5.92 Å². The lowest BCUT2D eigenvalue weighted by Crippen LogP contribution is -2.41. The number of amides is 2. The second-order valence-electron chi connectivity index (χ2n) is 9.54. The quantitative estimate of drug-likeness (QED) is 0.419. The summed E-state index contributed by atoms with van der Waals surface area (Å²) in [7, 11) is -4.26. The molecule has 2 amide bonds. The van der Waals surface area contributed by atoms with Crippen molar-refractivity contribution >= 4 is 41.1 Å². The molecule has 0 atom stereocenters. The van der Waals surface area contributed by atoms with Crippen LogP contribution in [0.15, 0.2) is 18.5 Å². The van der Waals surface area contributed by atoms with Gasteiger partial charge in [0.15, 0.2) is 11.5 Å². The molecule has 3 heterocycles. The van der Waals surface area contributed by atoms with Crippen LogP contribution in [0.4, 0.5) is 10.6 Å². The molecule has 0 saturated carbocycles. The predicted octanol–water partition coefficient (Wildman–Crippen LogP) is 2.54. The summed E-state index contributed by atoms with van der Waals surface area (Å²) in [6, 6.07) is 2.61. The molecule has 0 aromatic carbocycles. The number of hydrogen-bond donors (Lipinski definition) is 2. The topological polar surface area (TPSA) is 118 Å². The highest BCUT2D eigenvalue weighted by molar-refractivity contribution is 7.88. The van der Waals surface area contributed by atoms with E-state index in [2.05, 4.69) is 40.2 Å². The standard InChI is InChI=1S/C20H34N6O4SSi/c1-31(28,29)26-9-5-16(6-10-26)13-22-20(27)24-18-14-21-19-17(23-18)7-8-25(19)15-30-11-12-32(2,3)4/h7-8,14,16H,5-6,9-13,15H2,1-4H3,(H2,22,23,24,27). The van der Waals surface area contributed by atoms with Crippen molar-refractivity contribution in [1.82, 2.24) is 24.2 Å². The molecule has 12 heteroatoms. The second kappa shape index (κ2) is 10.3. The Morgan fingerprint density at radius 1 is 1.28 bits per heavy atom. The molecule has 0 spiro atoms. The number of carbonyl (C=O) groups excluding carboxylic acids is 1. The minimum absolute atomic E-state index is 0.252. The summed E-state index contributed by atoms with van der Waals surface area (Å²) in [5.41, 5.74) is 1.39. The van der Waals surface area contributed by atoms with Crippen LogP contribution in [-0.2, 0) is 21.5 Å². The number of carbonyl (C=O) groups is 1. The van der Waals surface area contributed by atoms with E-state index in [1.165, 1.54) is 16.8 Å². The van der Waals surface area contributed by atoms with Crippen molar-refractivity contribution in [1.29, 1.82) is 0 Å². The van der Waals surface area contributed by atoms with Gasteiger partial charge in [0, 0.05) is 40.5 Å². The molecule has 2 aromatic rings. The van der Waals surface area contributed by atoms with E-state index < -0.39 is 18.1 Å². The molecule has 1 saturated heterocycles. The molecule has 3 rings (SSSR count).